The Balaban J connectivity index is 1.25. The van der Waals surface area contributed by atoms with Gasteiger partial charge in [-0.2, -0.15) is 0 Å². The fourth-order valence-corrected chi connectivity index (χ4v) is 13.2. The van der Waals surface area contributed by atoms with E-state index < -0.39 is 241 Å². The normalized spacial score (nSPS) is 35.7. The molecule has 586 valence electrons. The molecule has 0 radical (unpaired) electrons. The molecule has 5 heterocycles. The van der Waals surface area contributed by atoms with Crippen LogP contribution in [0.4, 0.5) is 0 Å². The second-order valence-electron chi connectivity index (χ2n) is 27.0. The summed E-state index contributed by atoms with van der Waals surface area (Å²) in [5.74, 6) is -7.77. The molecule has 0 aromatic heterocycles. The van der Waals surface area contributed by atoms with Gasteiger partial charge < -0.3 is 150 Å². The molecule has 34 nitrogen and oxygen atoms in total. The molecule has 0 spiro atoms. The molecule has 20 N–H and O–H groups in total. The van der Waals surface area contributed by atoms with E-state index in [0.717, 1.165) is 63.5 Å². The van der Waals surface area contributed by atoms with Crippen LogP contribution in [0.15, 0.2) is 30.3 Å². The number of carboxylic acid groups (broad SMARTS) is 1. The summed E-state index contributed by atoms with van der Waals surface area (Å²) in [6.07, 6.45) is -30.0. The Labute approximate surface area is 592 Å². The van der Waals surface area contributed by atoms with E-state index in [0.29, 0.717) is 6.42 Å². The Bertz CT molecular complexity index is 2650. The van der Waals surface area contributed by atoms with E-state index in [1.165, 1.54) is 63.9 Å². The molecule has 0 aliphatic carbocycles. The van der Waals surface area contributed by atoms with Gasteiger partial charge >= 0.3 is 5.97 Å². The first kappa shape index (κ1) is 86.7. The Morgan fingerprint density at radius 2 is 1.05 bits per heavy atom. The number of aliphatic carboxylic acids is 1. The molecule has 5 saturated heterocycles. The predicted octanol–water partition coefficient (Wildman–Crippen LogP) is -4.02. The van der Waals surface area contributed by atoms with Gasteiger partial charge in [0.05, 0.1) is 63.9 Å². The van der Waals surface area contributed by atoms with Crippen molar-refractivity contribution in [2.24, 2.45) is 0 Å². The summed E-state index contributed by atoms with van der Waals surface area (Å²) >= 11 is 0. The van der Waals surface area contributed by atoms with Crippen LogP contribution in [0.25, 0.3) is 6.08 Å². The number of amides is 3. The molecule has 5 aliphatic heterocycles. The highest BCUT2D eigenvalue weighted by Gasteiger charge is 2.62. The molecular formula is C68H113N3O31. The lowest BCUT2D eigenvalue weighted by atomic mass is 9.88. The van der Waals surface area contributed by atoms with Crippen LogP contribution in [0, 0.1) is 0 Å². The lowest BCUT2D eigenvalue weighted by Gasteiger charge is -2.52. The van der Waals surface area contributed by atoms with Gasteiger partial charge in [0.2, 0.25) is 17.7 Å². The third-order valence-corrected chi connectivity index (χ3v) is 19.2. The van der Waals surface area contributed by atoms with Crippen LogP contribution >= 0.6 is 0 Å². The van der Waals surface area contributed by atoms with Gasteiger partial charge in [0.1, 0.15) is 116 Å². The monoisotopic (exact) mass is 1470 g/mol. The molecular weight excluding hydrogens is 1350 g/mol. The number of ether oxygens (including phenoxy) is 10. The average Bonchev–Trinajstić information content (AvgIpc) is 0.750. The quantitative estimate of drug-likeness (QED) is 0.0277. The van der Waals surface area contributed by atoms with Crippen LogP contribution in [0.5, 0.6) is 0 Å². The lowest BCUT2D eigenvalue weighted by molar-refractivity contribution is -0.403. The number of hydrogen-bond acceptors (Lipinski definition) is 30. The second kappa shape index (κ2) is 43.0. The summed E-state index contributed by atoms with van der Waals surface area (Å²) in [6, 6.07) is 2.64. The average molecular weight is 1470 g/mol. The Kier molecular flexibility index (Phi) is 36.5. The number of benzene rings is 1. The third kappa shape index (κ3) is 23.9. The maximum absolute atomic E-state index is 13.8. The van der Waals surface area contributed by atoms with E-state index in [2.05, 4.69) is 22.9 Å². The number of unbranched alkanes of at least 4 members (excludes halogenated alkanes) is 14. The number of carboxylic acids is 1. The van der Waals surface area contributed by atoms with Crippen molar-refractivity contribution in [3.05, 3.63) is 41.5 Å². The summed E-state index contributed by atoms with van der Waals surface area (Å²) in [5.41, 5.74) is 1.80. The number of aliphatic hydroxyl groups is 16. The number of hydrogen-bond donors (Lipinski definition) is 20. The van der Waals surface area contributed by atoms with Crippen molar-refractivity contribution in [2.75, 3.05) is 39.6 Å². The number of aliphatic hydroxyl groups excluding tert-OH is 16. The maximum Gasteiger partial charge on any atom is 0.364 e. The van der Waals surface area contributed by atoms with E-state index in [9.17, 15) is 106 Å². The van der Waals surface area contributed by atoms with Gasteiger partial charge in [0.15, 0.2) is 25.2 Å². The first-order valence-electron chi connectivity index (χ1n) is 35.6. The van der Waals surface area contributed by atoms with Gasteiger partial charge in [-0.05, 0) is 24.0 Å². The molecule has 2 unspecified atom stereocenters. The zero-order valence-corrected chi connectivity index (χ0v) is 58.3. The molecule has 102 heavy (non-hydrogen) atoms. The molecule has 0 saturated carbocycles. The van der Waals surface area contributed by atoms with Crippen LogP contribution in [0.3, 0.4) is 0 Å². The van der Waals surface area contributed by atoms with Crippen LogP contribution in [0.2, 0.25) is 0 Å². The number of carbonyl (C=O) groups is 4. The summed E-state index contributed by atoms with van der Waals surface area (Å²) in [7, 11) is 0. The number of rotatable bonds is 42. The molecule has 1 aromatic rings. The van der Waals surface area contributed by atoms with E-state index in [1.54, 1.807) is 6.08 Å². The van der Waals surface area contributed by atoms with Crippen molar-refractivity contribution in [1.29, 1.82) is 0 Å². The highest BCUT2D eigenvalue weighted by atomic mass is 16.8. The Hall–Kier alpha value is -4.20. The molecule has 3 amide bonds. The second-order valence-corrected chi connectivity index (χ2v) is 27.0. The first-order chi connectivity index (χ1) is 48.7. The van der Waals surface area contributed by atoms with Crippen LogP contribution in [0.1, 0.15) is 148 Å². The van der Waals surface area contributed by atoms with Gasteiger partial charge in [-0.3, -0.25) is 14.4 Å². The number of carbonyl (C=O) groups excluding carboxylic acids is 3. The fourth-order valence-electron chi connectivity index (χ4n) is 13.2. The van der Waals surface area contributed by atoms with E-state index >= 15 is 0 Å². The summed E-state index contributed by atoms with van der Waals surface area (Å²) in [5, 5.41) is 196. The van der Waals surface area contributed by atoms with Crippen molar-refractivity contribution in [1.82, 2.24) is 16.0 Å². The van der Waals surface area contributed by atoms with E-state index in [-0.39, 0.29) is 6.42 Å². The van der Waals surface area contributed by atoms with Crippen LogP contribution < -0.4 is 16.0 Å². The maximum atomic E-state index is 13.8. The molecule has 5 fully saturated rings. The SMILES string of the molecule is CCCCCCCCCCCCCCCCCC(=O)N[C@@H](CO[C@@H]1O[C@H](CO)[C@@H](O[C@@H]2O[C@H](CO)[C@H](O[C@@H]3O[C@H](CO)[C@H](O)[C@H](O[C@@H]4O[C@H](CO)[C@H](O)[C@H](O)[C@H]4O)[C@H]3NC(C)=O)[C@H](O[C@]3(C(=O)O)C[C@H](O)C(NC(C)=O)C([C@H](O)[C@H](O)CO)O3)[C@H]2O)[C@H](O)[C@H]1O)[C@H](O)/C=C/c1ccc(CC)cc1. The van der Waals surface area contributed by atoms with Gasteiger partial charge in [0.25, 0.3) is 5.79 Å². The smallest absolute Gasteiger partial charge is 0.364 e. The molecule has 1 aromatic carbocycles. The molecule has 34 heteroatoms. The van der Waals surface area contributed by atoms with Crippen molar-refractivity contribution in [3.63, 3.8) is 0 Å². The topological polar surface area (TPSA) is 541 Å². The fraction of sp³-hybridized carbons (Fsp3) is 0.824. The van der Waals surface area contributed by atoms with Crippen molar-refractivity contribution in [2.45, 2.75) is 314 Å². The standard InChI is InChI=1S/C68H113N3O31/c1-5-7-8-9-10-11-12-13-14-15-16-17-18-19-20-21-47(82)71-39(40(79)27-26-38-24-22-37(6-2)23-25-38)34-93-64-56(89)54(87)58(45(32-75)96-64)98-66-57(90)62(102-68(67(91)92)28-41(80)48(69-35(3)77)61(101-68)50(83)42(81)29-72)59(46(33-76)97-66)99-63-49(70-36(4)78)60(52(85)44(31-74)94-63)100-65-55(88)53(86)51(84)43(30-73)95-65/h22-27,39-46,48-66,72-76,79-81,83-90H,5-21,28-34H2,1-4H3,(H,69,77)(H,70,78)(H,71,82)(H,91,92)/b27-26+/t39-,40+,41-,42+,43+,44+,45+,46+,48?,49+,50+,51-,52-,53-,54+,55+,56+,57+,58+,59-,60+,61?,62+,63-,64+,65-,66-,68-/m0/s1. The summed E-state index contributed by atoms with van der Waals surface area (Å²) < 4.78 is 59.9. The number of nitrogens with one attached hydrogen (secondary N) is 3. The highest BCUT2D eigenvalue weighted by molar-refractivity contribution is 5.77. The number of aryl methyl sites for hydroxylation is 1. The Morgan fingerprint density at radius 1 is 0.559 bits per heavy atom. The van der Waals surface area contributed by atoms with E-state index in [1.807, 2.05) is 31.2 Å². The largest absolute Gasteiger partial charge is 0.477 e. The van der Waals surface area contributed by atoms with E-state index in [4.69, 9.17) is 47.4 Å². The lowest BCUT2D eigenvalue weighted by Crippen LogP contribution is -2.72. The Morgan fingerprint density at radius 3 is 1.60 bits per heavy atom. The van der Waals surface area contributed by atoms with Crippen LogP contribution in [-0.4, -0.2) is 321 Å². The molecule has 6 rings (SSSR count). The summed E-state index contributed by atoms with van der Waals surface area (Å²) in [6.45, 7) is 0.0199. The van der Waals surface area contributed by atoms with Gasteiger partial charge in [0, 0.05) is 26.7 Å². The highest BCUT2D eigenvalue weighted by Crippen LogP contribution is 2.41. The van der Waals surface area contributed by atoms with Gasteiger partial charge in [-0.25, -0.2) is 4.79 Å². The zero-order valence-electron chi connectivity index (χ0n) is 58.3. The molecule has 5 aliphatic rings. The third-order valence-electron chi connectivity index (χ3n) is 19.2. The van der Waals surface area contributed by atoms with Crippen molar-refractivity contribution < 1.29 is 153 Å². The summed E-state index contributed by atoms with van der Waals surface area (Å²) in [4.78, 5) is 52.9. The van der Waals surface area contributed by atoms with Gasteiger partial charge in [-0.1, -0.05) is 140 Å². The zero-order chi connectivity index (χ0) is 75.0. The minimum atomic E-state index is -3.39. The minimum absolute atomic E-state index is 0.107. The van der Waals surface area contributed by atoms with Crippen molar-refractivity contribution in [3.8, 4) is 0 Å². The molecule has 0 bridgehead atoms. The first-order valence-corrected chi connectivity index (χ1v) is 35.6. The van der Waals surface area contributed by atoms with Gasteiger partial charge in [-0.15, -0.1) is 0 Å². The molecule has 28 atom stereocenters. The predicted molar refractivity (Wildman–Crippen MR) is 353 cm³/mol. The van der Waals surface area contributed by atoms with Crippen molar-refractivity contribution >= 4 is 29.8 Å². The van der Waals surface area contributed by atoms with Crippen LogP contribution in [-0.2, 0) is 73.0 Å². The minimum Gasteiger partial charge on any atom is -0.477 e.